The molecule has 0 saturated carbocycles. The average molecular weight is 347 g/mol. The summed E-state index contributed by atoms with van der Waals surface area (Å²) < 4.78 is 0. The van der Waals surface area contributed by atoms with E-state index >= 15 is 0 Å². The molecule has 0 saturated heterocycles. The Hall–Kier alpha value is -0.610. The molecule has 24 heavy (non-hydrogen) atoms. The number of aliphatic hydroxyl groups excluding tert-OH is 2. The Morgan fingerprint density at radius 2 is 0.917 bits per heavy atom. The molecule has 0 amide bonds. The Balaban J connectivity index is 0. The number of carboxylic acids is 1. The molecule has 0 aliphatic rings. The van der Waals surface area contributed by atoms with Gasteiger partial charge in [-0.3, -0.25) is 4.79 Å². The predicted octanol–water partition coefficient (Wildman–Crippen LogP) is 5.30. The number of aliphatic hydroxyl groups is 2. The lowest BCUT2D eigenvalue weighted by Gasteiger charge is -2.01. The van der Waals surface area contributed by atoms with Gasteiger partial charge < -0.3 is 15.3 Å². The van der Waals surface area contributed by atoms with Crippen LogP contribution >= 0.6 is 0 Å². The van der Waals surface area contributed by atoms with E-state index in [1.165, 1.54) is 57.8 Å². The van der Waals surface area contributed by atoms with E-state index in [0.29, 0.717) is 6.42 Å². The van der Waals surface area contributed by atoms with Crippen molar-refractivity contribution in [3.8, 4) is 0 Å². The van der Waals surface area contributed by atoms with Crippen molar-refractivity contribution in [1.82, 2.24) is 0 Å². The van der Waals surface area contributed by atoms with Gasteiger partial charge in [0.05, 0.1) is 0 Å². The lowest BCUT2D eigenvalue weighted by Crippen LogP contribution is -1.93. The summed E-state index contributed by atoms with van der Waals surface area (Å²) in [4.78, 5) is 10.3. The molecule has 0 aromatic carbocycles. The number of hydrogen-bond donors (Lipinski definition) is 3. The normalized spacial score (nSPS) is 10.3. The zero-order valence-corrected chi connectivity index (χ0v) is 16.0. The molecule has 146 valence electrons. The topological polar surface area (TPSA) is 77.8 Å². The van der Waals surface area contributed by atoms with Gasteiger partial charge in [-0.05, 0) is 19.3 Å². The molecule has 0 unspecified atom stereocenters. The van der Waals surface area contributed by atoms with Crippen molar-refractivity contribution in [2.45, 2.75) is 110 Å². The third kappa shape index (κ3) is 29.4. The van der Waals surface area contributed by atoms with Crippen molar-refractivity contribution >= 4 is 5.97 Å². The van der Waals surface area contributed by atoms with Gasteiger partial charge in [0.2, 0.25) is 0 Å². The average Bonchev–Trinajstić information content (AvgIpc) is 2.57. The molecule has 0 bridgehead atoms. The van der Waals surface area contributed by atoms with Crippen LogP contribution in [0.2, 0.25) is 0 Å². The van der Waals surface area contributed by atoms with Gasteiger partial charge in [-0.15, -0.1) is 0 Å². The second-order valence-corrected chi connectivity index (χ2v) is 6.54. The third-order valence-electron chi connectivity index (χ3n) is 4.06. The number of aliphatic carboxylic acids is 1. The second kappa shape index (κ2) is 24.6. The van der Waals surface area contributed by atoms with Gasteiger partial charge in [-0.1, -0.05) is 84.0 Å². The molecule has 0 aromatic heterocycles. The first-order valence-electron chi connectivity index (χ1n) is 10.1. The van der Waals surface area contributed by atoms with Crippen LogP contribution in [0.3, 0.4) is 0 Å². The number of unbranched alkanes of at least 4 members (excludes halogenated alkanes) is 13. The van der Waals surface area contributed by atoms with Crippen molar-refractivity contribution in [3.63, 3.8) is 0 Å². The Morgan fingerprint density at radius 3 is 1.25 bits per heavy atom. The number of hydrogen-bond acceptors (Lipinski definition) is 3. The standard InChI is InChI=1S/C14H28O2.C6H14O2/c1-2-3-4-5-6-7-8-9-10-11-12-13-14(15)16;7-5-3-1-2-4-6-8/h2-13H2,1H3,(H,15,16);7-8H,1-6H2. The first-order chi connectivity index (χ1) is 11.7. The summed E-state index contributed by atoms with van der Waals surface area (Å²) >= 11 is 0. The number of carboxylic acid groups (broad SMARTS) is 1. The van der Waals surface area contributed by atoms with Crippen LogP contribution in [0.4, 0.5) is 0 Å². The fraction of sp³-hybridized carbons (Fsp3) is 0.950. The molecule has 0 aliphatic carbocycles. The molecule has 0 fully saturated rings. The van der Waals surface area contributed by atoms with E-state index in [-0.39, 0.29) is 13.2 Å². The van der Waals surface area contributed by atoms with E-state index in [1.54, 1.807) is 0 Å². The maximum atomic E-state index is 10.3. The Bertz CT molecular complexity index is 226. The highest BCUT2D eigenvalue weighted by Gasteiger charge is 1.96. The number of rotatable bonds is 17. The van der Waals surface area contributed by atoms with E-state index in [1.807, 2.05) is 0 Å². The van der Waals surface area contributed by atoms with Gasteiger partial charge in [0.25, 0.3) is 0 Å². The second-order valence-electron chi connectivity index (χ2n) is 6.54. The summed E-state index contributed by atoms with van der Waals surface area (Å²) in [5.74, 6) is -0.657. The minimum atomic E-state index is -0.657. The van der Waals surface area contributed by atoms with Gasteiger partial charge in [-0.25, -0.2) is 0 Å². The number of carbonyl (C=O) groups is 1. The summed E-state index contributed by atoms with van der Waals surface area (Å²) in [7, 11) is 0. The molecule has 0 heterocycles. The fourth-order valence-corrected chi connectivity index (χ4v) is 2.52. The smallest absolute Gasteiger partial charge is 0.303 e. The molecule has 0 spiro atoms. The summed E-state index contributed by atoms with van der Waals surface area (Å²) in [6.45, 7) is 2.81. The molecule has 0 radical (unpaired) electrons. The van der Waals surface area contributed by atoms with E-state index in [9.17, 15) is 4.79 Å². The SMILES string of the molecule is CCCCCCCCCCCCCC(=O)O.OCCCCCCO. The van der Waals surface area contributed by atoms with Crippen LogP contribution < -0.4 is 0 Å². The molecule has 0 rings (SSSR count). The molecule has 4 nitrogen and oxygen atoms in total. The van der Waals surface area contributed by atoms with Crippen molar-refractivity contribution in [2.75, 3.05) is 13.2 Å². The van der Waals surface area contributed by atoms with Gasteiger partial charge in [0.1, 0.15) is 0 Å². The summed E-state index contributed by atoms with van der Waals surface area (Å²) in [5.41, 5.74) is 0. The molecule has 4 heteroatoms. The maximum Gasteiger partial charge on any atom is 0.303 e. The van der Waals surface area contributed by atoms with Crippen molar-refractivity contribution < 1.29 is 20.1 Å². The first kappa shape index (κ1) is 25.6. The summed E-state index contributed by atoms with van der Waals surface area (Å²) in [5, 5.41) is 25.1. The predicted molar refractivity (Wildman–Crippen MR) is 101 cm³/mol. The Kier molecular flexibility index (Phi) is 26.3. The fourth-order valence-electron chi connectivity index (χ4n) is 2.52. The maximum absolute atomic E-state index is 10.3. The van der Waals surface area contributed by atoms with Gasteiger partial charge in [0, 0.05) is 19.6 Å². The zero-order chi connectivity index (χ0) is 18.3. The first-order valence-corrected chi connectivity index (χ1v) is 10.1. The van der Waals surface area contributed by atoms with E-state index in [2.05, 4.69) is 6.92 Å². The van der Waals surface area contributed by atoms with Crippen LogP contribution in [0.25, 0.3) is 0 Å². The third-order valence-corrected chi connectivity index (χ3v) is 4.06. The van der Waals surface area contributed by atoms with E-state index in [4.69, 9.17) is 15.3 Å². The van der Waals surface area contributed by atoms with Crippen LogP contribution in [0.1, 0.15) is 110 Å². The lowest BCUT2D eigenvalue weighted by atomic mass is 10.1. The molecule has 0 atom stereocenters. The van der Waals surface area contributed by atoms with Gasteiger partial charge in [0.15, 0.2) is 0 Å². The van der Waals surface area contributed by atoms with Crippen LogP contribution in [0.15, 0.2) is 0 Å². The quantitative estimate of drug-likeness (QED) is 0.312. The summed E-state index contributed by atoms with van der Waals surface area (Å²) in [6, 6.07) is 0. The van der Waals surface area contributed by atoms with Crippen molar-refractivity contribution in [2.24, 2.45) is 0 Å². The van der Waals surface area contributed by atoms with Gasteiger partial charge in [-0.2, -0.15) is 0 Å². The Morgan fingerprint density at radius 1 is 0.583 bits per heavy atom. The van der Waals surface area contributed by atoms with E-state index < -0.39 is 5.97 Å². The minimum Gasteiger partial charge on any atom is -0.481 e. The van der Waals surface area contributed by atoms with E-state index in [0.717, 1.165) is 38.5 Å². The zero-order valence-electron chi connectivity index (χ0n) is 16.0. The summed E-state index contributed by atoms with van der Waals surface area (Å²) in [6.07, 6.45) is 18.2. The highest BCUT2D eigenvalue weighted by molar-refractivity contribution is 5.66. The monoisotopic (exact) mass is 346 g/mol. The molecular weight excluding hydrogens is 304 g/mol. The molecular formula is C20H42O4. The van der Waals surface area contributed by atoms with Gasteiger partial charge >= 0.3 is 5.97 Å². The van der Waals surface area contributed by atoms with Crippen LogP contribution in [0, 0.1) is 0 Å². The van der Waals surface area contributed by atoms with Crippen LogP contribution in [-0.4, -0.2) is 34.5 Å². The van der Waals surface area contributed by atoms with Crippen molar-refractivity contribution in [1.29, 1.82) is 0 Å². The minimum absolute atomic E-state index is 0.283. The molecule has 3 N–H and O–H groups in total. The lowest BCUT2D eigenvalue weighted by molar-refractivity contribution is -0.137. The molecule has 0 aliphatic heterocycles. The largest absolute Gasteiger partial charge is 0.481 e. The van der Waals surface area contributed by atoms with Crippen LogP contribution in [-0.2, 0) is 4.79 Å². The van der Waals surface area contributed by atoms with Crippen LogP contribution in [0.5, 0.6) is 0 Å². The highest BCUT2D eigenvalue weighted by atomic mass is 16.4. The Labute approximate surface area is 149 Å². The highest BCUT2D eigenvalue weighted by Crippen LogP contribution is 2.11. The van der Waals surface area contributed by atoms with Crippen molar-refractivity contribution in [3.05, 3.63) is 0 Å². The molecule has 0 aromatic rings.